The van der Waals surface area contributed by atoms with Crippen molar-refractivity contribution >= 4 is 23.1 Å². The zero-order valence-electron chi connectivity index (χ0n) is 15.1. The summed E-state index contributed by atoms with van der Waals surface area (Å²) in [5, 5.41) is 2.82. The highest BCUT2D eigenvalue weighted by molar-refractivity contribution is 6.08. The Bertz CT molecular complexity index is 1130. The lowest BCUT2D eigenvalue weighted by Crippen LogP contribution is -2.14. The van der Waals surface area contributed by atoms with E-state index in [2.05, 4.69) is 10.3 Å². The molecule has 0 radical (unpaired) electrons. The molecule has 0 aliphatic heterocycles. The van der Waals surface area contributed by atoms with Gasteiger partial charge in [-0.25, -0.2) is 9.78 Å². The molecule has 0 saturated carbocycles. The lowest BCUT2D eigenvalue weighted by molar-refractivity contribution is 0.0529. The molecule has 0 atom stereocenters. The van der Waals surface area contributed by atoms with Crippen LogP contribution in [0.1, 0.15) is 27.8 Å². The van der Waals surface area contributed by atoms with Gasteiger partial charge in [0.05, 0.1) is 24.0 Å². The smallest absolute Gasteiger partial charge is 0.340 e. The number of para-hydroxylation sites is 1. The molecule has 28 heavy (non-hydrogen) atoms. The van der Waals surface area contributed by atoms with Crippen molar-refractivity contribution in [1.82, 2.24) is 9.38 Å². The minimum Gasteiger partial charge on any atom is -0.463 e. The predicted octanol–water partition coefficient (Wildman–Crippen LogP) is 4.02. The first kappa shape index (κ1) is 17.5. The molecule has 0 saturated heterocycles. The van der Waals surface area contributed by atoms with Crippen LogP contribution in [0.5, 0.6) is 0 Å². The second-order valence-electron chi connectivity index (χ2n) is 5.99. The summed E-state index contributed by atoms with van der Waals surface area (Å²) >= 11 is 0. The number of carbonyl (C=O) groups is 2. The first-order valence-electron chi connectivity index (χ1n) is 8.76. The lowest BCUT2D eigenvalue weighted by Gasteiger charge is -2.06. The summed E-state index contributed by atoms with van der Waals surface area (Å²) in [5.41, 5.74) is 2.28. The number of benzene rings is 1. The largest absolute Gasteiger partial charge is 0.463 e. The monoisotopic (exact) mass is 375 g/mol. The summed E-state index contributed by atoms with van der Waals surface area (Å²) in [4.78, 5) is 29.6. The van der Waals surface area contributed by atoms with Gasteiger partial charge in [-0.3, -0.25) is 9.20 Å². The zero-order chi connectivity index (χ0) is 19.5. The van der Waals surface area contributed by atoms with Crippen LogP contribution in [0.15, 0.2) is 71.6 Å². The Balaban J connectivity index is 1.80. The molecule has 0 fully saturated rings. The van der Waals surface area contributed by atoms with Gasteiger partial charge in [0.25, 0.3) is 5.91 Å². The van der Waals surface area contributed by atoms with Crippen molar-refractivity contribution in [2.45, 2.75) is 6.92 Å². The van der Waals surface area contributed by atoms with Crippen molar-refractivity contribution in [3.05, 3.63) is 78.4 Å². The van der Waals surface area contributed by atoms with Crippen LogP contribution in [-0.2, 0) is 4.74 Å². The number of fused-ring (bicyclic) bond motifs is 1. The third kappa shape index (κ3) is 3.25. The number of hydrogen-bond donors (Lipinski definition) is 1. The van der Waals surface area contributed by atoms with Crippen LogP contribution in [0.25, 0.3) is 17.0 Å². The molecule has 4 rings (SSSR count). The normalized spacial score (nSPS) is 10.8. The average molecular weight is 375 g/mol. The molecule has 7 nitrogen and oxygen atoms in total. The molecule has 0 unspecified atom stereocenters. The van der Waals surface area contributed by atoms with E-state index in [9.17, 15) is 9.59 Å². The Morgan fingerprint density at radius 1 is 1.14 bits per heavy atom. The van der Waals surface area contributed by atoms with Crippen LogP contribution in [0.4, 0.5) is 5.69 Å². The van der Waals surface area contributed by atoms with Crippen molar-refractivity contribution in [2.24, 2.45) is 0 Å². The molecule has 3 heterocycles. The van der Waals surface area contributed by atoms with Gasteiger partial charge in [-0.15, -0.1) is 0 Å². The number of furan rings is 1. The number of hydrogen-bond acceptors (Lipinski definition) is 5. The maximum atomic E-state index is 12.8. The Morgan fingerprint density at radius 2 is 1.96 bits per heavy atom. The van der Waals surface area contributed by atoms with Gasteiger partial charge in [0, 0.05) is 5.69 Å². The lowest BCUT2D eigenvalue weighted by atomic mass is 10.2. The summed E-state index contributed by atoms with van der Waals surface area (Å²) in [6.07, 6.45) is 3.04. The molecule has 0 aliphatic carbocycles. The van der Waals surface area contributed by atoms with E-state index in [4.69, 9.17) is 9.15 Å². The second-order valence-corrected chi connectivity index (χ2v) is 5.99. The number of nitrogens with one attached hydrogen (secondary N) is 1. The van der Waals surface area contributed by atoms with Gasteiger partial charge in [-0.1, -0.05) is 18.2 Å². The fraction of sp³-hybridized carbons (Fsp3) is 0.0952. The third-order valence-corrected chi connectivity index (χ3v) is 4.20. The molecule has 3 aromatic heterocycles. The van der Waals surface area contributed by atoms with Crippen LogP contribution in [0, 0.1) is 0 Å². The molecule has 1 amide bonds. The van der Waals surface area contributed by atoms with Crippen LogP contribution in [0.2, 0.25) is 0 Å². The highest BCUT2D eigenvalue weighted by Crippen LogP contribution is 2.24. The van der Waals surface area contributed by atoms with E-state index in [1.165, 1.54) is 12.4 Å². The van der Waals surface area contributed by atoms with Crippen molar-refractivity contribution < 1.29 is 18.7 Å². The van der Waals surface area contributed by atoms with Crippen LogP contribution in [0.3, 0.4) is 0 Å². The van der Waals surface area contributed by atoms with Gasteiger partial charge in [0.1, 0.15) is 17.7 Å². The number of ether oxygens (including phenoxy) is 1. The van der Waals surface area contributed by atoms with Crippen molar-refractivity contribution in [3.63, 3.8) is 0 Å². The van der Waals surface area contributed by atoms with E-state index in [1.54, 1.807) is 47.9 Å². The van der Waals surface area contributed by atoms with E-state index in [0.29, 0.717) is 22.7 Å². The Morgan fingerprint density at radius 3 is 2.68 bits per heavy atom. The summed E-state index contributed by atoms with van der Waals surface area (Å²) in [6, 6.07) is 15.8. The van der Waals surface area contributed by atoms with E-state index in [-0.39, 0.29) is 23.8 Å². The van der Waals surface area contributed by atoms with Gasteiger partial charge < -0.3 is 14.5 Å². The molecule has 1 N–H and O–H groups in total. The molecule has 0 spiro atoms. The number of aromatic nitrogens is 2. The van der Waals surface area contributed by atoms with Gasteiger partial charge in [0.15, 0.2) is 5.76 Å². The van der Waals surface area contributed by atoms with E-state index < -0.39 is 5.97 Å². The highest BCUT2D eigenvalue weighted by Gasteiger charge is 2.22. The summed E-state index contributed by atoms with van der Waals surface area (Å²) in [7, 11) is 0. The zero-order valence-corrected chi connectivity index (χ0v) is 15.1. The average Bonchev–Trinajstić information content (AvgIpc) is 3.36. The molecular weight excluding hydrogens is 358 g/mol. The Labute approximate surface area is 160 Å². The summed E-state index contributed by atoms with van der Waals surface area (Å²) in [6.45, 7) is 1.97. The third-order valence-electron chi connectivity index (χ3n) is 4.20. The quantitative estimate of drug-likeness (QED) is 0.533. The van der Waals surface area contributed by atoms with Gasteiger partial charge in [-0.2, -0.15) is 0 Å². The first-order valence-corrected chi connectivity index (χ1v) is 8.76. The number of anilines is 1. The number of esters is 1. The maximum absolute atomic E-state index is 12.8. The SMILES string of the molecule is CCOC(=O)c1cc(C(=O)Nc2ccccc2)n2cnc(-c3ccco3)cc12. The minimum absolute atomic E-state index is 0.234. The van der Waals surface area contributed by atoms with Gasteiger partial charge >= 0.3 is 5.97 Å². The van der Waals surface area contributed by atoms with Crippen molar-refractivity contribution in [1.29, 1.82) is 0 Å². The van der Waals surface area contributed by atoms with Crippen molar-refractivity contribution in [3.8, 4) is 11.5 Å². The first-order chi connectivity index (χ1) is 13.7. The Hall–Kier alpha value is -3.87. The molecular formula is C21H17N3O4. The topological polar surface area (TPSA) is 85.8 Å². The molecule has 1 aromatic carbocycles. The van der Waals surface area contributed by atoms with E-state index in [1.807, 2.05) is 18.2 Å². The number of rotatable bonds is 5. The van der Waals surface area contributed by atoms with Crippen LogP contribution >= 0.6 is 0 Å². The van der Waals surface area contributed by atoms with E-state index >= 15 is 0 Å². The fourth-order valence-corrected chi connectivity index (χ4v) is 2.92. The minimum atomic E-state index is -0.504. The number of carbonyl (C=O) groups excluding carboxylic acids is 2. The summed E-state index contributed by atoms with van der Waals surface area (Å²) in [5.74, 6) is -0.298. The van der Waals surface area contributed by atoms with Crippen LogP contribution in [-0.4, -0.2) is 27.9 Å². The number of amides is 1. The van der Waals surface area contributed by atoms with Crippen molar-refractivity contribution in [2.75, 3.05) is 11.9 Å². The molecule has 0 bridgehead atoms. The Kier molecular flexibility index (Phi) is 4.63. The molecule has 4 aromatic rings. The fourth-order valence-electron chi connectivity index (χ4n) is 2.92. The predicted molar refractivity (Wildman–Crippen MR) is 103 cm³/mol. The molecule has 7 heteroatoms. The molecule has 140 valence electrons. The van der Waals surface area contributed by atoms with Crippen LogP contribution < -0.4 is 5.32 Å². The second kappa shape index (κ2) is 7.40. The summed E-state index contributed by atoms with van der Waals surface area (Å²) < 4.78 is 12.1. The standard InChI is InChI=1S/C21H17N3O4/c1-2-27-21(26)15-11-18(20(25)23-14-7-4-3-5-8-14)24-13-22-16(12-17(15)24)19-9-6-10-28-19/h3-13H,2H2,1H3,(H,23,25). The molecule has 0 aliphatic rings. The highest BCUT2D eigenvalue weighted by atomic mass is 16.5. The maximum Gasteiger partial charge on any atom is 0.340 e. The number of nitrogens with zero attached hydrogens (tertiary/aromatic N) is 2. The van der Waals surface area contributed by atoms with Gasteiger partial charge in [-0.05, 0) is 43.3 Å². The van der Waals surface area contributed by atoms with E-state index in [0.717, 1.165) is 0 Å². The van der Waals surface area contributed by atoms with Gasteiger partial charge in [0.2, 0.25) is 0 Å².